The van der Waals surface area contributed by atoms with Crippen molar-refractivity contribution < 1.29 is 13.9 Å². The number of hydrogen-bond acceptors (Lipinski definition) is 3. The molecule has 0 heterocycles. The van der Waals surface area contributed by atoms with Gasteiger partial charge in [-0.05, 0) is 49.5 Å². The molecule has 0 bridgehead atoms. The molecule has 2 aromatic rings. The number of rotatable bonds is 6. The Hall–Kier alpha value is -2.05. The predicted octanol–water partition coefficient (Wildman–Crippen LogP) is 4.24. The van der Waals surface area contributed by atoms with E-state index in [9.17, 15) is 4.39 Å². The molecule has 0 spiro atoms. The molecule has 24 heavy (non-hydrogen) atoms. The van der Waals surface area contributed by atoms with Crippen LogP contribution in [0.1, 0.15) is 6.92 Å². The molecule has 0 fully saturated rings. The number of ether oxygens (including phenoxy) is 2. The van der Waals surface area contributed by atoms with Crippen molar-refractivity contribution in [1.82, 2.24) is 5.32 Å². The van der Waals surface area contributed by atoms with Gasteiger partial charge in [0.2, 0.25) is 0 Å². The van der Waals surface area contributed by atoms with E-state index in [2.05, 4.69) is 10.6 Å². The van der Waals surface area contributed by atoms with E-state index in [0.29, 0.717) is 28.9 Å². The van der Waals surface area contributed by atoms with Crippen LogP contribution in [0, 0.1) is 5.82 Å². The number of nitrogens with one attached hydrogen (secondary N) is 2. The van der Waals surface area contributed by atoms with Gasteiger partial charge in [-0.2, -0.15) is 0 Å². The second-order valence-electron chi connectivity index (χ2n) is 5.09. The van der Waals surface area contributed by atoms with Gasteiger partial charge in [-0.25, -0.2) is 4.39 Å². The van der Waals surface area contributed by atoms with Gasteiger partial charge in [0.05, 0.1) is 18.2 Å². The molecule has 0 saturated heterocycles. The number of anilines is 1. The average Bonchev–Trinajstić information content (AvgIpc) is 2.56. The standard InChI is InChI=1S/C17H18ClFN2O2S/c1-11(10-23-16-6-4-3-5-15(16)22-2)20-17(24)21-12-7-8-14(19)13(18)9-12/h3-9,11H,10H2,1-2H3,(H2,20,21,24)/t11-/m1/s1. The fourth-order valence-electron chi connectivity index (χ4n) is 1.96. The molecule has 0 saturated carbocycles. The van der Waals surface area contributed by atoms with Crippen molar-refractivity contribution in [3.8, 4) is 11.5 Å². The van der Waals surface area contributed by atoms with Crippen LogP contribution in [-0.2, 0) is 0 Å². The fraction of sp³-hybridized carbons (Fsp3) is 0.235. The SMILES string of the molecule is COc1ccccc1OC[C@@H](C)NC(=S)Nc1ccc(F)c(Cl)c1. The Morgan fingerprint density at radius 3 is 2.62 bits per heavy atom. The predicted molar refractivity (Wildman–Crippen MR) is 98.7 cm³/mol. The molecule has 0 aliphatic rings. The van der Waals surface area contributed by atoms with Crippen LogP contribution >= 0.6 is 23.8 Å². The summed E-state index contributed by atoms with van der Waals surface area (Å²) in [6.07, 6.45) is 0. The Balaban J connectivity index is 1.84. The topological polar surface area (TPSA) is 42.5 Å². The summed E-state index contributed by atoms with van der Waals surface area (Å²) in [5, 5.41) is 6.47. The van der Waals surface area contributed by atoms with E-state index in [1.54, 1.807) is 13.2 Å². The first-order valence-corrected chi connectivity index (χ1v) is 8.06. The zero-order chi connectivity index (χ0) is 17.5. The van der Waals surface area contributed by atoms with Crippen LogP contribution in [-0.4, -0.2) is 24.9 Å². The molecule has 0 radical (unpaired) electrons. The smallest absolute Gasteiger partial charge is 0.171 e. The highest BCUT2D eigenvalue weighted by molar-refractivity contribution is 7.80. The third-order valence-corrected chi connectivity index (χ3v) is 3.62. The number of methoxy groups -OCH3 is 1. The summed E-state index contributed by atoms with van der Waals surface area (Å²) in [4.78, 5) is 0. The fourth-order valence-corrected chi connectivity index (χ4v) is 2.46. The van der Waals surface area contributed by atoms with Crippen LogP contribution in [0.3, 0.4) is 0 Å². The molecule has 4 nitrogen and oxygen atoms in total. The highest BCUT2D eigenvalue weighted by atomic mass is 35.5. The third-order valence-electron chi connectivity index (χ3n) is 3.11. The largest absolute Gasteiger partial charge is 0.493 e. The van der Waals surface area contributed by atoms with Crippen LogP contribution in [0.5, 0.6) is 11.5 Å². The van der Waals surface area contributed by atoms with Crippen molar-refractivity contribution >= 4 is 34.6 Å². The molecule has 2 aromatic carbocycles. The van der Waals surface area contributed by atoms with Gasteiger partial charge in [0.15, 0.2) is 16.6 Å². The zero-order valence-corrected chi connectivity index (χ0v) is 14.9. The number of halogens is 2. The summed E-state index contributed by atoms with van der Waals surface area (Å²) in [5.74, 6) is 0.865. The number of para-hydroxylation sites is 2. The highest BCUT2D eigenvalue weighted by Crippen LogP contribution is 2.25. The molecule has 2 rings (SSSR count). The molecule has 2 N–H and O–H groups in total. The molecule has 0 unspecified atom stereocenters. The van der Waals surface area contributed by atoms with Gasteiger partial charge < -0.3 is 20.1 Å². The number of thiocarbonyl (C=S) groups is 1. The second kappa shape index (κ2) is 8.70. The first-order valence-electron chi connectivity index (χ1n) is 7.28. The van der Waals surface area contributed by atoms with Gasteiger partial charge in [0, 0.05) is 5.69 Å². The third kappa shape index (κ3) is 5.25. The maximum Gasteiger partial charge on any atom is 0.171 e. The minimum atomic E-state index is -0.473. The van der Waals surface area contributed by atoms with Crippen LogP contribution < -0.4 is 20.1 Å². The van der Waals surface area contributed by atoms with E-state index in [0.717, 1.165) is 0 Å². The highest BCUT2D eigenvalue weighted by Gasteiger charge is 2.09. The Kier molecular flexibility index (Phi) is 6.63. The first-order chi connectivity index (χ1) is 11.5. The quantitative estimate of drug-likeness (QED) is 0.746. The lowest BCUT2D eigenvalue weighted by atomic mass is 10.3. The first kappa shape index (κ1) is 18.3. The van der Waals surface area contributed by atoms with Crippen LogP contribution in [0.4, 0.5) is 10.1 Å². The summed E-state index contributed by atoms with van der Waals surface area (Å²) in [7, 11) is 1.59. The molecule has 0 aliphatic heterocycles. The van der Waals surface area contributed by atoms with Gasteiger partial charge in [0.25, 0.3) is 0 Å². The average molecular weight is 369 g/mol. The summed E-state index contributed by atoms with van der Waals surface area (Å²) in [6.45, 7) is 2.33. The molecular weight excluding hydrogens is 351 g/mol. The molecule has 128 valence electrons. The molecule has 0 amide bonds. The molecule has 1 atom stereocenters. The Morgan fingerprint density at radius 1 is 1.25 bits per heavy atom. The maximum atomic E-state index is 13.1. The molecule has 7 heteroatoms. The monoisotopic (exact) mass is 368 g/mol. The van der Waals surface area contributed by atoms with Gasteiger partial charge in [-0.3, -0.25) is 0 Å². The Bertz CT molecular complexity index is 715. The van der Waals surface area contributed by atoms with Crippen LogP contribution in [0.2, 0.25) is 5.02 Å². The summed E-state index contributed by atoms with van der Waals surface area (Å²) >= 11 is 11.0. The van der Waals surface area contributed by atoms with Crippen LogP contribution in [0.25, 0.3) is 0 Å². The minimum absolute atomic E-state index is 0.0374. The molecule has 0 aliphatic carbocycles. The lowest BCUT2D eigenvalue weighted by Gasteiger charge is -2.18. The van der Waals surface area contributed by atoms with Gasteiger partial charge in [-0.15, -0.1) is 0 Å². The number of hydrogen-bond donors (Lipinski definition) is 2. The van der Waals surface area contributed by atoms with Crippen molar-refractivity contribution in [3.63, 3.8) is 0 Å². The van der Waals surface area contributed by atoms with E-state index in [-0.39, 0.29) is 11.1 Å². The summed E-state index contributed by atoms with van der Waals surface area (Å²) < 4.78 is 24.1. The van der Waals surface area contributed by atoms with Gasteiger partial charge in [0.1, 0.15) is 12.4 Å². The van der Waals surface area contributed by atoms with E-state index in [1.165, 1.54) is 12.1 Å². The van der Waals surface area contributed by atoms with Crippen molar-refractivity contribution in [2.75, 3.05) is 19.0 Å². The lowest BCUT2D eigenvalue weighted by Crippen LogP contribution is -2.39. The van der Waals surface area contributed by atoms with E-state index in [4.69, 9.17) is 33.3 Å². The van der Waals surface area contributed by atoms with E-state index >= 15 is 0 Å². The number of benzene rings is 2. The Labute approximate surface area is 150 Å². The molecular formula is C17H18ClFN2O2S. The van der Waals surface area contributed by atoms with Gasteiger partial charge >= 0.3 is 0 Å². The second-order valence-corrected chi connectivity index (χ2v) is 5.91. The van der Waals surface area contributed by atoms with Crippen molar-refractivity contribution in [2.45, 2.75) is 13.0 Å². The van der Waals surface area contributed by atoms with Crippen molar-refractivity contribution in [3.05, 3.63) is 53.3 Å². The van der Waals surface area contributed by atoms with E-state index in [1.807, 2.05) is 31.2 Å². The summed E-state index contributed by atoms with van der Waals surface area (Å²) in [6, 6.07) is 11.7. The normalized spacial score (nSPS) is 11.5. The van der Waals surface area contributed by atoms with Crippen LogP contribution in [0.15, 0.2) is 42.5 Å². The van der Waals surface area contributed by atoms with Crippen molar-refractivity contribution in [2.24, 2.45) is 0 Å². The zero-order valence-electron chi connectivity index (χ0n) is 13.3. The minimum Gasteiger partial charge on any atom is -0.493 e. The lowest BCUT2D eigenvalue weighted by molar-refractivity contribution is 0.270. The van der Waals surface area contributed by atoms with Gasteiger partial charge in [-0.1, -0.05) is 23.7 Å². The summed E-state index contributed by atoms with van der Waals surface area (Å²) in [5.41, 5.74) is 0.608. The van der Waals surface area contributed by atoms with E-state index < -0.39 is 5.82 Å². The maximum absolute atomic E-state index is 13.1. The Morgan fingerprint density at radius 2 is 1.96 bits per heavy atom. The van der Waals surface area contributed by atoms with Crippen molar-refractivity contribution in [1.29, 1.82) is 0 Å². The molecule has 0 aromatic heterocycles.